The quantitative estimate of drug-likeness (QED) is 0.856. The van der Waals surface area contributed by atoms with Gasteiger partial charge in [0.05, 0.1) is 19.3 Å². The van der Waals surface area contributed by atoms with Crippen LogP contribution in [0.1, 0.15) is 48.0 Å². The minimum Gasteiger partial charge on any atom is -0.465 e. The Morgan fingerprint density at radius 3 is 2.65 bits per heavy atom. The Hall–Kier alpha value is -1.61. The van der Waals surface area contributed by atoms with Crippen molar-refractivity contribution < 1.29 is 14.6 Å². The van der Waals surface area contributed by atoms with E-state index in [2.05, 4.69) is 6.08 Å². The first-order valence-corrected chi connectivity index (χ1v) is 7.25. The van der Waals surface area contributed by atoms with Crippen LogP contribution in [0, 0.1) is 5.92 Å². The summed E-state index contributed by atoms with van der Waals surface area (Å²) in [5, 5.41) is 9.61. The molecule has 3 nitrogen and oxygen atoms in total. The largest absolute Gasteiger partial charge is 0.465 e. The monoisotopic (exact) mass is 274 g/mol. The van der Waals surface area contributed by atoms with Crippen molar-refractivity contribution >= 4 is 11.5 Å². The lowest BCUT2D eigenvalue weighted by Gasteiger charge is -2.19. The van der Waals surface area contributed by atoms with Crippen molar-refractivity contribution in [3.63, 3.8) is 0 Å². The summed E-state index contributed by atoms with van der Waals surface area (Å²) in [6.45, 7) is 0.00112. The second-order valence-electron chi connectivity index (χ2n) is 5.32. The molecule has 1 aromatic rings. The van der Waals surface area contributed by atoms with E-state index in [1.165, 1.54) is 39.2 Å². The minimum absolute atomic E-state index is 0.00112. The van der Waals surface area contributed by atoms with E-state index in [9.17, 15) is 9.90 Å². The number of ether oxygens (including phenoxy) is 1. The molecule has 0 saturated heterocycles. The number of benzene rings is 1. The maximum absolute atomic E-state index is 11.6. The normalized spacial score (nSPS) is 17.0. The van der Waals surface area contributed by atoms with Crippen molar-refractivity contribution in [3.05, 3.63) is 41.5 Å². The molecule has 20 heavy (non-hydrogen) atoms. The van der Waals surface area contributed by atoms with Crippen LogP contribution in [-0.2, 0) is 4.74 Å². The number of carbonyl (C=O) groups is 1. The highest BCUT2D eigenvalue weighted by atomic mass is 16.5. The first-order valence-electron chi connectivity index (χ1n) is 7.25. The zero-order chi connectivity index (χ0) is 14.4. The van der Waals surface area contributed by atoms with Crippen LogP contribution in [0.25, 0.3) is 5.57 Å². The lowest BCUT2D eigenvalue weighted by molar-refractivity contribution is 0.0600. The molecule has 2 rings (SSSR count). The average Bonchev–Trinajstić information content (AvgIpc) is 2.53. The fourth-order valence-corrected chi connectivity index (χ4v) is 2.79. The SMILES string of the molecule is COC(=O)c1cccc(/C(=C\C2CCCCC2)CO)c1. The Labute approximate surface area is 120 Å². The van der Waals surface area contributed by atoms with Gasteiger partial charge in [0.25, 0.3) is 0 Å². The van der Waals surface area contributed by atoms with E-state index in [1.54, 1.807) is 12.1 Å². The zero-order valence-corrected chi connectivity index (χ0v) is 12.0. The molecule has 0 spiro atoms. The van der Waals surface area contributed by atoms with Gasteiger partial charge in [0.2, 0.25) is 0 Å². The molecule has 1 aromatic carbocycles. The van der Waals surface area contributed by atoms with E-state index in [0.717, 1.165) is 11.1 Å². The number of carbonyl (C=O) groups excluding carboxylic acids is 1. The van der Waals surface area contributed by atoms with E-state index < -0.39 is 0 Å². The first kappa shape index (κ1) is 14.8. The van der Waals surface area contributed by atoms with Crippen LogP contribution in [0.4, 0.5) is 0 Å². The predicted molar refractivity (Wildman–Crippen MR) is 79.4 cm³/mol. The van der Waals surface area contributed by atoms with Gasteiger partial charge in [0.1, 0.15) is 0 Å². The molecule has 108 valence electrons. The van der Waals surface area contributed by atoms with Crippen LogP contribution >= 0.6 is 0 Å². The number of rotatable bonds is 4. The molecule has 1 aliphatic carbocycles. The maximum atomic E-state index is 11.6. The average molecular weight is 274 g/mol. The Kier molecular flexibility index (Phi) is 5.36. The lowest BCUT2D eigenvalue weighted by atomic mass is 9.87. The first-order chi connectivity index (χ1) is 9.74. The minimum atomic E-state index is -0.346. The molecule has 0 atom stereocenters. The van der Waals surface area contributed by atoms with E-state index in [4.69, 9.17) is 4.74 Å². The topological polar surface area (TPSA) is 46.5 Å². The Morgan fingerprint density at radius 2 is 2.00 bits per heavy atom. The molecule has 3 heteroatoms. The smallest absolute Gasteiger partial charge is 0.337 e. The fraction of sp³-hybridized carbons (Fsp3) is 0.471. The fourth-order valence-electron chi connectivity index (χ4n) is 2.79. The van der Waals surface area contributed by atoms with Gasteiger partial charge in [-0.2, -0.15) is 0 Å². The summed E-state index contributed by atoms with van der Waals surface area (Å²) in [5.41, 5.74) is 2.33. The summed E-state index contributed by atoms with van der Waals surface area (Å²) in [7, 11) is 1.37. The molecule has 1 aliphatic rings. The number of methoxy groups -OCH3 is 1. The van der Waals surface area contributed by atoms with Crippen LogP contribution < -0.4 is 0 Å². The standard InChI is InChI=1S/C17H22O3/c1-20-17(19)15-9-5-8-14(11-15)16(12-18)10-13-6-3-2-4-7-13/h5,8-11,13,18H,2-4,6-7,12H2,1H3/b16-10-. The molecule has 1 fully saturated rings. The Balaban J connectivity index is 2.22. The van der Waals surface area contributed by atoms with Gasteiger partial charge in [0, 0.05) is 0 Å². The van der Waals surface area contributed by atoms with Crippen molar-refractivity contribution in [2.45, 2.75) is 32.1 Å². The molecule has 0 bridgehead atoms. The number of hydrogen-bond acceptors (Lipinski definition) is 3. The van der Waals surface area contributed by atoms with Gasteiger partial charge in [-0.25, -0.2) is 4.79 Å². The zero-order valence-electron chi connectivity index (χ0n) is 12.0. The van der Waals surface area contributed by atoms with E-state index in [0.29, 0.717) is 11.5 Å². The third-order valence-corrected chi connectivity index (χ3v) is 3.91. The van der Waals surface area contributed by atoms with E-state index in [-0.39, 0.29) is 12.6 Å². The number of aliphatic hydroxyl groups excluding tert-OH is 1. The van der Waals surface area contributed by atoms with Crippen LogP contribution in [0.5, 0.6) is 0 Å². The number of allylic oxidation sites excluding steroid dienone is 1. The molecule has 0 radical (unpaired) electrons. The summed E-state index contributed by atoms with van der Waals surface area (Å²) in [6.07, 6.45) is 8.41. The Morgan fingerprint density at radius 1 is 1.30 bits per heavy atom. The van der Waals surface area contributed by atoms with Crippen LogP contribution in [0.2, 0.25) is 0 Å². The van der Waals surface area contributed by atoms with Gasteiger partial charge in [-0.15, -0.1) is 0 Å². The second kappa shape index (κ2) is 7.25. The highest BCUT2D eigenvalue weighted by Gasteiger charge is 2.13. The highest BCUT2D eigenvalue weighted by molar-refractivity contribution is 5.90. The molecule has 1 N–H and O–H groups in total. The predicted octanol–water partition coefficient (Wildman–Crippen LogP) is 3.43. The third kappa shape index (κ3) is 3.70. The molecule has 0 unspecified atom stereocenters. The molecule has 0 aliphatic heterocycles. The molecule has 1 saturated carbocycles. The van der Waals surface area contributed by atoms with Gasteiger partial charge in [0.15, 0.2) is 0 Å². The van der Waals surface area contributed by atoms with Crippen molar-refractivity contribution in [2.75, 3.05) is 13.7 Å². The molecule has 0 amide bonds. The summed E-state index contributed by atoms with van der Waals surface area (Å²) in [5.74, 6) is 0.203. The van der Waals surface area contributed by atoms with Gasteiger partial charge >= 0.3 is 5.97 Å². The van der Waals surface area contributed by atoms with Crippen molar-refractivity contribution in [2.24, 2.45) is 5.92 Å². The van der Waals surface area contributed by atoms with Crippen LogP contribution in [-0.4, -0.2) is 24.8 Å². The van der Waals surface area contributed by atoms with Crippen molar-refractivity contribution in [1.29, 1.82) is 0 Å². The van der Waals surface area contributed by atoms with E-state index >= 15 is 0 Å². The molecule has 0 aromatic heterocycles. The van der Waals surface area contributed by atoms with Gasteiger partial charge in [-0.3, -0.25) is 0 Å². The number of hydrogen-bond donors (Lipinski definition) is 1. The van der Waals surface area contributed by atoms with Crippen LogP contribution in [0.3, 0.4) is 0 Å². The van der Waals surface area contributed by atoms with Gasteiger partial charge in [-0.1, -0.05) is 37.5 Å². The molecular weight excluding hydrogens is 252 g/mol. The Bertz CT molecular complexity index is 485. The molecule has 0 heterocycles. The summed E-state index contributed by atoms with van der Waals surface area (Å²) >= 11 is 0. The molecular formula is C17H22O3. The third-order valence-electron chi connectivity index (χ3n) is 3.91. The van der Waals surface area contributed by atoms with Gasteiger partial charge < -0.3 is 9.84 Å². The van der Waals surface area contributed by atoms with Gasteiger partial charge in [-0.05, 0) is 42.0 Å². The maximum Gasteiger partial charge on any atom is 0.337 e. The van der Waals surface area contributed by atoms with E-state index in [1.807, 2.05) is 12.1 Å². The van der Waals surface area contributed by atoms with Crippen molar-refractivity contribution in [1.82, 2.24) is 0 Å². The number of esters is 1. The number of aliphatic hydroxyl groups is 1. The summed E-state index contributed by atoms with van der Waals surface area (Å²) < 4.78 is 4.73. The second-order valence-corrected chi connectivity index (χ2v) is 5.32. The lowest BCUT2D eigenvalue weighted by Crippen LogP contribution is -2.06. The summed E-state index contributed by atoms with van der Waals surface area (Å²) in [6, 6.07) is 7.27. The highest BCUT2D eigenvalue weighted by Crippen LogP contribution is 2.28. The van der Waals surface area contributed by atoms with Crippen molar-refractivity contribution in [3.8, 4) is 0 Å². The summed E-state index contributed by atoms with van der Waals surface area (Å²) in [4.78, 5) is 11.6. The van der Waals surface area contributed by atoms with Crippen LogP contribution in [0.15, 0.2) is 30.3 Å².